The third kappa shape index (κ3) is 2.29. The van der Waals surface area contributed by atoms with Crippen molar-refractivity contribution in [1.82, 2.24) is 4.98 Å². The number of hydrogen-bond donors (Lipinski definition) is 1. The smallest absolute Gasteiger partial charge is 0.122 e. The summed E-state index contributed by atoms with van der Waals surface area (Å²) in [6, 6.07) is 0. The monoisotopic (exact) mass is 240 g/mol. The van der Waals surface area contributed by atoms with Gasteiger partial charge in [-0.15, -0.1) is 11.3 Å². The van der Waals surface area contributed by atoms with E-state index in [2.05, 4.69) is 20.8 Å². The number of hydrogen-bond acceptors (Lipinski definition) is 4. The third-order valence-corrected chi connectivity index (χ3v) is 3.98. The third-order valence-electron chi connectivity index (χ3n) is 2.81. The fraction of sp³-hybridized carbons (Fsp3) is 0.750. The van der Waals surface area contributed by atoms with Gasteiger partial charge >= 0.3 is 0 Å². The van der Waals surface area contributed by atoms with E-state index in [1.165, 1.54) is 4.88 Å². The summed E-state index contributed by atoms with van der Waals surface area (Å²) >= 11 is 1.72. The van der Waals surface area contributed by atoms with Crippen LogP contribution in [0.1, 0.15) is 55.3 Å². The van der Waals surface area contributed by atoms with Gasteiger partial charge in [0, 0.05) is 23.4 Å². The molecule has 1 aliphatic heterocycles. The highest BCUT2D eigenvalue weighted by molar-refractivity contribution is 7.11. The van der Waals surface area contributed by atoms with Crippen LogP contribution < -0.4 is 5.73 Å². The zero-order valence-electron chi connectivity index (χ0n) is 10.2. The molecule has 1 aliphatic rings. The Kier molecular flexibility index (Phi) is 3.33. The van der Waals surface area contributed by atoms with Crippen molar-refractivity contribution < 1.29 is 4.74 Å². The second kappa shape index (κ2) is 4.43. The van der Waals surface area contributed by atoms with Crippen molar-refractivity contribution in [2.75, 3.05) is 6.61 Å². The van der Waals surface area contributed by atoms with Crippen LogP contribution in [0.2, 0.25) is 0 Å². The average molecular weight is 240 g/mol. The van der Waals surface area contributed by atoms with Gasteiger partial charge in [-0.25, -0.2) is 4.98 Å². The zero-order valence-corrected chi connectivity index (χ0v) is 11.1. The maximum atomic E-state index is 5.79. The predicted molar refractivity (Wildman–Crippen MR) is 66.6 cm³/mol. The Morgan fingerprint density at radius 3 is 2.69 bits per heavy atom. The minimum Gasteiger partial charge on any atom is -0.371 e. The van der Waals surface area contributed by atoms with Crippen LogP contribution in [0.3, 0.4) is 0 Å². The van der Waals surface area contributed by atoms with Crippen LogP contribution >= 0.6 is 11.3 Å². The lowest BCUT2D eigenvalue weighted by Crippen LogP contribution is -2.15. The van der Waals surface area contributed by atoms with Gasteiger partial charge in [-0.2, -0.15) is 0 Å². The van der Waals surface area contributed by atoms with E-state index in [1.54, 1.807) is 11.3 Å². The van der Waals surface area contributed by atoms with Gasteiger partial charge in [0.15, 0.2) is 0 Å². The Balaban J connectivity index is 2.31. The maximum Gasteiger partial charge on any atom is 0.122 e. The van der Waals surface area contributed by atoms with Crippen molar-refractivity contribution in [2.24, 2.45) is 5.73 Å². The fourth-order valence-electron chi connectivity index (χ4n) is 2.00. The standard InChI is InChI=1S/C12H20N2OS/c1-12(2,3)10-9(7-13)16-11(14-10)8-5-4-6-15-8/h8H,4-7,13H2,1-3H3. The highest BCUT2D eigenvalue weighted by atomic mass is 32.1. The molecule has 1 atom stereocenters. The molecule has 16 heavy (non-hydrogen) atoms. The summed E-state index contributed by atoms with van der Waals surface area (Å²) in [6.45, 7) is 7.99. The highest BCUT2D eigenvalue weighted by Crippen LogP contribution is 2.36. The Bertz CT molecular complexity index is 362. The molecule has 0 spiro atoms. The van der Waals surface area contributed by atoms with Crippen LogP contribution in [0, 0.1) is 0 Å². The topological polar surface area (TPSA) is 48.1 Å². The van der Waals surface area contributed by atoms with Gasteiger partial charge < -0.3 is 10.5 Å². The van der Waals surface area contributed by atoms with Crippen molar-refractivity contribution in [3.63, 3.8) is 0 Å². The minimum atomic E-state index is 0.0715. The van der Waals surface area contributed by atoms with Crippen LogP contribution in [0.4, 0.5) is 0 Å². The van der Waals surface area contributed by atoms with E-state index >= 15 is 0 Å². The van der Waals surface area contributed by atoms with Crippen molar-refractivity contribution in [2.45, 2.75) is 51.7 Å². The van der Waals surface area contributed by atoms with Crippen LogP contribution in [0.5, 0.6) is 0 Å². The van der Waals surface area contributed by atoms with E-state index in [9.17, 15) is 0 Å². The molecule has 2 rings (SSSR count). The van der Waals surface area contributed by atoms with Gasteiger partial charge in [-0.05, 0) is 12.8 Å². The van der Waals surface area contributed by atoms with Crippen LogP contribution in [-0.2, 0) is 16.7 Å². The lowest BCUT2D eigenvalue weighted by Gasteiger charge is -2.17. The van der Waals surface area contributed by atoms with Crippen LogP contribution in [-0.4, -0.2) is 11.6 Å². The SMILES string of the molecule is CC(C)(C)c1nc(C2CCCO2)sc1CN. The Morgan fingerprint density at radius 1 is 1.50 bits per heavy atom. The first-order chi connectivity index (χ1) is 7.52. The van der Waals surface area contributed by atoms with Gasteiger partial charge in [-0.3, -0.25) is 0 Å². The summed E-state index contributed by atoms with van der Waals surface area (Å²) in [7, 11) is 0. The van der Waals surface area contributed by atoms with E-state index in [0.29, 0.717) is 6.54 Å². The molecule has 1 aromatic rings. The molecule has 0 bridgehead atoms. The molecule has 3 nitrogen and oxygen atoms in total. The quantitative estimate of drug-likeness (QED) is 0.864. The van der Waals surface area contributed by atoms with Gasteiger partial charge in [0.25, 0.3) is 0 Å². The normalized spacial score (nSPS) is 21.6. The molecule has 1 saturated heterocycles. The predicted octanol–water partition coefficient (Wildman–Crippen LogP) is 2.75. The van der Waals surface area contributed by atoms with Crippen molar-refractivity contribution in [1.29, 1.82) is 0 Å². The number of thiazole rings is 1. The summed E-state index contributed by atoms with van der Waals surface area (Å²) in [5, 5.41) is 1.11. The summed E-state index contributed by atoms with van der Waals surface area (Å²) in [5.74, 6) is 0. The maximum absolute atomic E-state index is 5.79. The number of ether oxygens (including phenoxy) is 1. The molecular formula is C12H20N2OS. The van der Waals surface area contributed by atoms with E-state index in [1.807, 2.05) is 0 Å². The van der Waals surface area contributed by atoms with E-state index in [4.69, 9.17) is 15.5 Å². The molecule has 0 saturated carbocycles. The molecule has 1 aromatic heterocycles. The molecule has 1 unspecified atom stereocenters. The Hall–Kier alpha value is -0.450. The van der Waals surface area contributed by atoms with Gasteiger partial charge in [0.1, 0.15) is 11.1 Å². The van der Waals surface area contributed by atoms with E-state index in [0.717, 1.165) is 30.2 Å². The minimum absolute atomic E-state index is 0.0715. The van der Waals surface area contributed by atoms with E-state index in [-0.39, 0.29) is 11.5 Å². The number of nitrogens with two attached hydrogens (primary N) is 1. The molecule has 0 radical (unpaired) electrons. The molecule has 4 heteroatoms. The van der Waals surface area contributed by atoms with Crippen LogP contribution in [0.25, 0.3) is 0 Å². The second-order valence-electron chi connectivity index (χ2n) is 5.28. The first-order valence-corrected chi connectivity index (χ1v) is 6.66. The van der Waals surface area contributed by atoms with E-state index < -0.39 is 0 Å². The number of rotatable bonds is 2. The van der Waals surface area contributed by atoms with Crippen LogP contribution in [0.15, 0.2) is 0 Å². The van der Waals surface area contributed by atoms with Gasteiger partial charge in [0.05, 0.1) is 5.69 Å². The zero-order chi connectivity index (χ0) is 11.8. The molecule has 0 amide bonds. The lowest BCUT2D eigenvalue weighted by molar-refractivity contribution is 0.111. The lowest BCUT2D eigenvalue weighted by atomic mass is 9.91. The summed E-state index contributed by atoms with van der Waals surface area (Å²) in [5.41, 5.74) is 7.00. The summed E-state index contributed by atoms with van der Waals surface area (Å²) in [4.78, 5) is 5.95. The number of nitrogens with zero attached hydrogens (tertiary/aromatic N) is 1. The molecule has 90 valence electrons. The van der Waals surface area contributed by atoms with Crippen molar-refractivity contribution in [3.05, 3.63) is 15.6 Å². The van der Waals surface area contributed by atoms with Gasteiger partial charge in [-0.1, -0.05) is 20.8 Å². The summed E-state index contributed by atoms with van der Waals surface area (Å²) < 4.78 is 5.67. The Labute approximate surface area is 101 Å². The number of aromatic nitrogens is 1. The van der Waals surface area contributed by atoms with Crippen molar-refractivity contribution >= 4 is 11.3 Å². The summed E-state index contributed by atoms with van der Waals surface area (Å²) in [6.07, 6.45) is 2.46. The largest absolute Gasteiger partial charge is 0.371 e. The second-order valence-corrected chi connectivity index (χ2v) is 6.39. The average Bonchev–Trinajstić information content (AvgIpc) is 2.85. The molecule has 0 aromatic carbocycles. The van der Waals surface area contributed by atoms with Gasteiger partial charge in [0.2, 0.25) is 0 Å². The molecule has 2 heterocycles. The highest BCUT2D eigenvalue weighted by Gasteiger charge is 2.27. The first kappa shape index (κ1) is 12.0. The van der Waals surface area contributed by atoms with Crippen molar-refractivity contribution in [3.8, 4) is 0 Å². The molecule has 2 N–H and O–H groups in total. The first-order valence-electron chi connectivity index (χ1n) is 5.84. The molecule has 1 fully saturated rings. The fourth-order valence-corrected chi connectivity index (χ4v) is 3.24. The molecule has 0 aliphatic carbocycles. The Morgan fingerprint density at radius 2 is 2.25 bits per heavy atom. The molecular weight excluding hydrogens is 220 g/mol.